The fraction of sp³-hybridized carbons (Fsp3) is 0.529. The van der Waals surface area contributed by atoms with Crippen LogP contribution in [0.3, 0.4) is 0 Å². The van der Waals surface area contributed by atoms with Crippen molar-refractivity contribution in [1.29, 1.82) is 0 Å². The standard InChI is InChI=1S/C17H24N2O6S/c1-3-19(4-2)26(23,24)14-7-5-13(6-8-14)16(22)18-17(11-15(20)21)9-10-25-12-17/h5-8H,3-4,9-12H2,1-2H3,(H,18,22)(H,20,21). The summed E-state index contributed by atoms with van der Waals surface area (Å²) in [6.07, 6.45) is 0.187. The fourth-order valence-electron chi connectivity index (χ4n) is 2.98. The molecule has 0 radical (unpaired) electrons. The number of nitrogens with one attached hydrogen (secondary N) is 1. The summed E-state index contributed by atoms with van der Waals surface area (Å²) >= 11 is 0. The molecular weight excluding hydrogens is 360 g/mol. The number of benzene rings is 1. The number of amides is 1. The van der Waals surface area contributed by atoms with E-state index < -0.39 is 27.4 Å². The molecule has 1 saturated heterocycles. The molecule has 1 aromatic carbocycles. The minimum atomic E-state index is -3.59. The molecule has 1 fully saturated rings. The number of nitrogens with zero attached hydrogens (tertiary/aromatic N) is 1. The Labute approximate surface area is 153 Å². The average molecular weight is 384 g/mol. The second-order valence-corrected chi connectivity index (χ2v) is 8.16. The van der Waals surface area contributed by atoms with Crippen molar-refractivity contribution in [1.82, 2.24) is 9.62 Å². The molecule has 1 amide bonds. The zero-order chi connectivity index (χ0) is 19.4. The van der Waals surface area contributed by atoms with Crippen LogP contribution < -0.4 is 5.32 Å². The van der Waals surface area contributed by atoms with Crippen molar-refractivity contribution in [3.05, 3.63) is 29.8 Å². The monoisotopic (exact) mass is 384 g/mol. The highest BCUT2D eigenvalue weighted by Crippen LogP contribution is 2.24. The van der Waals surface area contributed by atoms with Gasteiger partial charge in [0.2, 0.25) is 10.0 Å². The van der Waals surface area contributed by atoms with Crippen molar-refractivity contribution in [3.8, 4) is 0 Å². The van der Waals surface area contributed by atoms with E-state index >= 15 is 0 Å². The molecule has 0 spiro atoms. The van der Waals surface area contributed by atoms with E-state index in [0.29, 0.717) is 26.1 Å². The molecule has 0 aliphatic carbocycles. The van der Waals surface area contributed by atoms with E-state index in [9.17, 15) is 18.0 Å². The van der Waals surface area contributed by atoms with Crippen LogP contribution in [0.15, 0.2) is 29.2 Å². The van der Waals surface area contributed by atoms with Gasteiger partial charge in [-0.05, 0) is 30.7 Å². The van der Waals surface area contributed by atoms with Crippen molar-refractivity contribution in [2.45, 2.75) is 37.1 Å². The minimum absolute atomic E-state index is 0.113. The van der Waals surface area contributed by atoms with Gasteiger partial charge in [0, 0.05) is 25.3 Å². The first-order valence-electron chi connectivity index (χ1n) is 8.46. The highest BCUT2D eigenvalue weighted by atomic mass is 32.2. The summed E-state index contributed by atoms with van der Waals surface area (Å²) in [6, 6.07) is 5.63. The maximum atomic E-state index is 12.5. The third-order valence-electron chi connectivity index (χ3n) is 4.43. The predicted octanol–water partition coefficient (Wildman–Crippen LogP) is 1.08. The SMILES string of the molecule is CCN(CC)S(=O)(=O)c1ccc(C(=O)NC2(CC(=O)O)CCOC2)cc1. The maximum absolute atomic E-state index is 12.5. The molecule has 144 valence electrons. The molecule has 2 rings (SSSR count). The Morgan fingerprint density at radius 3 is 2.31 bits per heavy atom. The number of ether oxygens (including phenoxy) is 1. The van der Waals surface area contributed by atoms with Crippen LogP contribution in [0.1, 0.15) is 37.0 Å². The van der Waals surface area contributed by atoms with E-state index in [2.05, 4.69) is 5.32 Å². The summed E-state index contributed by atoms with van der Waals surface area (Å²) in [4.78, 5) is 23.7. The van der Waals surface area contributed by atoms with Crippen LogP contribution in [0.5, 0.6) is 0 Å². The Kier molecular flexibility index (Phi) is 6.38. The Morgan fingerprint density at radius 1 is 1.23 bits per heavy atom. The first-order chi connectivity index (χ1) is 12.2. The van der Waals surface area contributed by atoms with Crippen LogP contribution in [0, 0.1) is 0 Å². The molecule has 1 aliphatic heterocycles. The molecule has 0 aromatic heterocycles. The quantitative estimate of drug-likeness (QED) is 0.693. The summed E-state index contributed by atoms with van der Waals surface area (Å²) < 4.78 is 31.5. The van der Waals surface area contributed by atoms with Crippen molar-refractivity contribution >= 4 is 21.9 Å². The molecule has 1 unspecified atom stereocenters. The van der Waals surface area contributed by atoms with Gasteiger partial charge in [-0.3, -0.25) is 9.59 Å². The number of hydrogen-bond acceptors (Lipinski definition) is 5. The zero-order valence-electron chi connectivity index (χ0n) is 14.9. The Hall–Kier alpha value is -1.97. The fourth-order valence-corrected chi connectivity index (χ4v) is 4.44. The lowest BCUT2D eigenvalue weighted by molar-refractivity contribution is -0.138. The summed E-state index contributed by atoms with van der Waals surface area (Å²) in [7, 11) is -3.59. The lowest BCUT2D eigenvalue weighted by Gasteiger charge is -2.27. The normalized spacial score (nSPS) is 20.3. The van der Waals surface area contributed by atoms with Crippen LogP contribution in [-0.2, 0) is 19.6 Å². The van der Waals surface area contributed by atoms with E-state index in [1.54, 1.807) is 13.8 Å². The van der Waals surface area contributed by atoms with E-state index in [0.717, 1.165) is 0 Å². The summed E-state index contributed by atoms with van der Waals surface area (Å²) in [5, 5.41) is 11.8. The van der Waals surface area contributed by atoms with Gasteiger partial charge in [0.25, 0.3) is 5.91 Å². The largest absolute Gasteiger partial charge is 0.481 e. The Balaban J connectivity index is 2.17. The number of carboxylic acids is 1. The first kappa shape index (κ1) is 20.3. The molecule has 0 bridgehead atoms. The van der Waals surface area contributed by atoms with E-state index in [1.165, 1.54) is 28.6 Å². The number of aliphatic carboxylic acids is 1. The van der Waals surface area contributed by atoms with Gasteiger partial charge in [-0.25, -0.2) is 8.42 Å². The van der Waals surface area contributed by atoms with Gasteiger partial charge in [0.1, 0.15) is 0 Å². The van der Waals surface area contributed by atoms with E-state index in [-0.39, 0.29) is 23.5 Å². The second-order valence-electron chi connectivity index (χ2n) is 6.22. The van der Waals surface area contributed by atoms with Gasteiger partial charge < -0.3 is 15.2 Å². The molecule has 2 N–H and O–H groups in total. The predicted molar refractivity (Wildman–Crippen MR) is 94.4 cm³/mol. The summed E-state index contributed by atoms with van der Waals surface area (Å²) in [5.41, 5.74) is -0.672. The number of rotatable bonds is 8. The van der Waals surface area contributed by atoms with Crippen molar-refractivity contribution in [2.75, 3.05) is 26.3 Å². The van der Waals surface area contributed by atoms with Crippen molar-refractivity contribution < 1.29 is 27.9 Å². The minimum Gasteiger partial charge on any atom is -0.481 e. The van der Waals surface area contributed by atoms with Crippen LogP contribution in [0.25, 0.3) is 0 Å². The van der Waals surface area contributed by atoms with Crippen LogP contribution in [0.2, 0.25) is 0 Å². The maximum Gasteiger partial charge on any atom is 0.305 e. The van der Waals surface area contributed by atoms with Crippen LogP contribution in [0.4, 0.5) is 0 Å². The van der Waals surface area contributed by atoms with Gasteiger partial charge in [-0.15, -0.1) is 0 Å². The van der Waals surface area contributed by atoms with Gasteiger partial charge in [-0.1, -0.05) is 13.8 Å². The number of sulfonamides is 1. The van der Waals surface area contributed by atoms with Gasteiger partial charge in [-0.2, -0.15) is 4.31 Å². The van der Waals surface area contributed by atoms with Gasteiger partial charge in [0.15, 0.2) is 0 Å². The lowest BCUT2D eigenvalue weighted by atomic mass is 9.94. The molecule has 26 heavy (non-hydrogen) atoms. The topological polar surface area (TPSA) is 113 Å². The number of carbonyl (C=O) groups is 2. The Bertz CT molecular complexity index is 750. The third-order valence-corrected chi connectivity index (χ3v) is 6.50. The highest BCUT2D eigenvalue weighted by molar-refractivity contribution is 7.89. The Morgan fingerprint density at radius 2 is 1.85 bits per heavy atom. The first-order valence-corrected chi connectivity index (χ1v) is 9.90. The van der Waals surface area contributed by atoms with Crippen molar-refractivity contribution in [3.63, 3.8) is 0 Å². The molecule has 1 aromatic rings. The van der Waals surface area contributed by atoms with E-state index in [1.807, 2.05) is 0 Å². The lowest BCUT2D eigenvalue weighted by Crippen LogP contribution is -2.50. The molecule has 8 nitrogen and oxygen atoms in total. The number of carbonyl (C=O) groups excluding carboxylic acids is 1. The average Bonchev–Trinajstić information content (AvgIpc) is 3.03. The third kappa shape index (κ3) is 4.40. The zero-order valence-corrected chi connectivity index (χ0v) is 15.7. The van der Waals surface area contributed by atoms with Crippen molar-refractivity contribution in [2.24, 2.45) is 0 Å². The summed E-state index contributed by atoms with van der Waals surface area (Å²) in [6.45, 7) is 4.76. The second kappa shape index (κ2) is 8.15. The number of hydrogen-bond donors (Lipinski definition) is 2. The highest BCUT2D eigenvalue weighted by Gasteiger charge is 2.38. The van der Waals surface area contributed by atoms with Gasteiger partial charge >= 0.3 is 5.97 Å². The molecule has 9 heteroatoms. The molecular formula is C17H24N2O6S. The number of carboxylic acid groups (broad SMARTS) is 1. The molecule has 1 atom stereocenters. The molecule has 0 saturated carbocycles. The summed E-state index contributed by atoms with van der Waals surface area (Å²) in [5.74, 6) is -1.47. The van der Waals surface area contributed by atoms with Gasteiger partial charge in [0.05, 0.1) is 23.5 Å². The van der Waals surface area contributed by atoms with Crippen LogP contribution >= 0.6 is 0 Å². The van der Waals surface area contributed by atoms with E-state index in [4.69, 9.17) is 9.84 Å². The smallest absolute Gasteiger partial charge is 0.305 e. The van der Waals surface area contributed by atoms with Crippen LogP contribution in [-0.4, -0.2) is 61.5 Å². The molecule has 1 heterocycles. The molecule has 1 aliphatic rings.